The van der Waals surface area contributed by atoms with E-state index in [1.807, 2.05) is 0 Å². The normalized spacial score (nSPS) is 15.6. The Morgan fingerprint density at radius 1 is 0.444 bits per heavy atom. The Morgan fingerprint density at radius 2 is 0.852 bits per heavy atom. The molecule has 0 unspecified atom stereocenters. The van der Waals surface area contributed by atoms with Gasteiger partial charge >= 0.3 is 47.8 Å². The SMILES string of the molecule is CC(=O)Oc1cc(OC(C)=O)c([C@@H]2c3c(OC(C)=O)cc(OC(C)=O)cc3O[C@H](c3ccc(OC(C)=O)c(OC(C)=O)c3)[C@H]2OC(C)=O)c(OC(C)=O)c1. The maximum Gasteiger partial charge on any atom is 0.308 e. The van der Waals surface area contributed by atoms with E-state index in [-0.39, 0.29) is 62.7 Å². The van der Waals surface area contributed by atoms with Crippen molar-refractivity contribution in [3.05, 3.63) is 59.2 Å². The first-order valence-electron chi connectivity index (χ1n) is 16.0. The van der Waals surface area contributed by atoms with Gasteiger partial charge in [0.05, 0.1) is 5.92 Å². The summed E-state index contributed by atoms with van der Waals surface area (Å²) in [6, 6.07) is 8.70. The van der Waals surface area contributed by atoms with Crippen molar-refractivity contribution in [3.63, 3.8) is 0 Å². The van der Waals surface area contributed by atoms with E-state index in [0.717, 1.165) is 67.5 Å². The number of carbonyl (C=O) groups excluding carboxylic acids is 8. The number of ether oxygens (including phenoxy) is 9. The predicted molar refractivity (Wildman–Crippen MR) is 179 cm³/mol. The Labute approximate surface area is 307 Å². The number of esters is 8. The third-order valence-electron chi connectivity index (χ3n) is 7.05. The molecule has 1 aliphatic heterocycles. The Balaban J connectivity index is 2.20. The molecule has 0 fully saturated rings. The molecule has 0 spiro atoms. The molecular weight excluding hydrogens is 716 g/mol. The quantitative estimate of drug-likeness (QED) is 0.207. The van der Waals surface area contributed by atoms with Gasteiger partial charge in [-0.05, 0) is 12.1 Å². The van der Waals surface area contributed by atoms with Crippen LogP contribution in [0.25, 0.3) is 0 Å². The number of benzene rings is 3. The van der Waals surface area contributed by atoms with Crippen molar-refractivity contribution < 1.29 is 81.0 Å². The van der Waals surface area contributed by atoms with Gasteiger partial charge in [0, 0.05) is 96.3 Å². The highest BCUT2D eigenvalue weighted by atomic mass is 16.6. The van der Waals surface area contributed by atoms with Crippen LogP contribution in [0.5, 0.6) is 46.0 Å². The van der Waals surface area contributed by atoms with Crippen LogP contribution in [0.15, 0.2) is 42.5 Å². The van der Waals surface area contributed by atoms with E-state index in [1.54, 1.807) is 0 Å². The van der Waals surface area contributed by atoms with Crippen molar-refractivity contribution in [1.82, 2.24) is 0 Å². The fourth-order valence-corrected chi connectivity index (χ4v) is 5.64. The fourth-order valence-electron chi connectivity index (χ4n) is 5.64. The zero-order valence-corrected chi connectivity index (χ0v) is 30.2. The van der Waals surface area contributed by atoms with E-state index in [4.69, 9.17) is 42.6 Å². The summed E-state index contributed by atoms with van der Waals surface area (Å²) in [6.45, 7) is 8.75. The summed E-state index contributed by atoms with van der Waals surface area (Å²) in [7, 11) is 0. The molecule has 54 heavy (non-hydrogen) atoms. The van der Waals surface area contributed by atoms with Gasteiger partial charge in [-0.25, -0.2) is 0 Å². The molecule has 0 radical (unpaired) electrons. The van der Waals surface area contributed by atoms with Gasteiger partial charge in [-0.1, -0.05) is 6.07 Å². The van der Waals surface area contributed by atoms with Crippen LogP contribution >= 0.6 is 0 Å². The van der Waals surface area contributed by atoms with Crippen molar-refractivity contribution in [3.8, 4) is 46.0 Å². The van der Waals surface area contributed by atoms with Gasteiger partial charge < -0.3 is 42.6 Å². The van der Waals surface area contributed by atoms with Crippen LogP contribution in [-0.4, -0.2) is 53.9 Å². The van der Waals surface area contributed by atoms with E-state index < -0.39 is 65.9 Å². The lowest BCUT2D eigenvalue weighted by molar-refractivity contribution is -0.154. The molecule has 3 aromatic rings. The minimum Gasteiger partial charge on any atom is -0.481 e. The summed E-state index contributed by atoms with van der Waals surface area (Å²) < 4.78 is 50.2. The van der Waals surface area contributed by atoms with E-state index in [1.165, 1.54) is 30.3 Å². The third kappa shape index (κ3) is 9.96. The van der Waals surface area contributed by atoms with Gasteiger partial charge in [0.15, 0.2) is 23.7 Å². The first-order chi connectivity index (χ1) is 25.3. The summed E-state index contributed by atoms with van der Waals surface area (Å²) in [5, 5.41) is 0. The number of hydrogen-bond acceptors (Lipinski definition) is 17. The Hall–Kier alpha value is -6.78. The Bertz CT molecular complexity index is 2030. The van der Waals surface area contributed by atoms with Gasteiger partial charge in [-0.15, -0.1) is 0 Å². The second-order valence-corrected chi connectivity index (χ2v) is 11.6. The molecule has 0 saturated carbocycles. The minimum atomic E-state index is -1.56. The summed E-state index contributed by atoms with van der Waals surface area (Å²) in [4.78, 5) is 98.5. The predicted octanol–water partition coefficient (Wildman–Crippen LogP) is 4.36. The van der Waals surface area contributed by atoms with Crippen molar-refractivity contribution in [1.29, 1.82) is 0 Å². The Morgan fingerprint density at radius 3 is 1.30 bits per heavy atom. The Kier molecular flexibility index (Phi) is 12.4. The van der Waals surface area contributed by atoms with Crippen molar-refractivity contribution in [2.45, 2.75) is 73.5 Å². The first kappa shape index (κ1) is 40.0. The zero-order valence-electron chi connectivity index (χ0n) is 30.2. The van der Waals surface area contributed by atoms with Gasteiger partial charge in [0.25, 0.3) is 0 Å². The zero-order chi connectivity index (χ0) is 40.0. The van der Waals surface area contributed by atoms with Crippen LogP contribution in [0, 0.1) is 0 Å². The van der Waals surface area contributed by atoms with E-state index in [0.29, 0.717) is 0 Å². The maximum atomic E-state index is 12.9. The second-order valence-electron chi connectivity index (χ2n) is 11.6. The molecular formula is C37H34O17. The van der Waals surface area contributed by atoms with Gasteiger partial charge in [-0.2, -0.15) is 0 Å². The molecule has 1 aliphatic rings. The summed E-state index contributed by atoms with van der Waals surface area (Å²) in [5.74, 6) is -9.89. The van der Waals surface area contributed by atoms with Crippen molar-refractivity contribution in [2.75, 3.05) is 0 Å². The minimum absolute atomic E-state index is 0.0533. The number of carbonyl (C=O) groups is 8. The largest absolute Gasteiger partial charge is 0.481 e. The molecule has 0 aliphatic carbocycles. The highest BCUT2D eigenvalue weighted by molar-refractivity contribution is 5.79. The lowest BCUT2D eigenvalue weighted by Gasteiger charge is -2.40. The highest BCUT2D eigenvalue weighted by Gasteiger charge is 2.48. The fraction of sp³-hybridized carbons (Fsp3) is 0.297. The van der Waals surface area contributed by atoms with Crippen LogP contribution in [0.3, 0.4) is 0 Å². The van der Waals surface area contributed by atoms with E-state index >= 15 is 0 Å². The number of hydrogen-bond donors (Lipinski definition) is 0. The molecule has 17 nitrogen and oxygen atoms in total. The lowest BCUT2D eigenvalue weighted by Crippen LogP contribution is -2.39. The average molecular weight is 751 g/mol. The number of fused-ring (bicyclic) bond motifs is 1. The van der Waals surface area contributed by atoms with Crippen LogP contribution in [-0.2, 0) is 43.1 Å². The number of rotatable bonds is 10. The van der Waals surface area contributed by atoms with Crippen LogP contribution < -0.4 is 37.9 Å². The molecule has 0 aromatic heterocycles. The molecule has 4 rings (SSSR count). The monoisotopic (exact) mass is 750 g/mol. The van der Waals surface area contributed by atoms with Crippen molar-refractivity contribution in [2.24, 2.45) is 0 Å². The summed E-state index contributed by atoms with van der Waals surface area (Å²) in [6.07, 6.45) is -2.98. The van der Waals surface area contributed by atoms with E-state index in [2.05, 4.69) is 0 Å². The first-order valence-corrected chi connectivity index (χ1v) is 16.0. The lowest BCUT2D eigenvalue weighted by atomic mass is 9.78. The summed E-state index contributed by atoms with van der Waals surface area (Å²) >= 11 is 0. The molecule has 0 saturated heterocycles. The second kappa shape index (κ2) is 16.7. The molecule has 3 aromatic carbocycles. The van der Waals surface area contributed by atoms with Crippen LogP contribution in [0.1, 0.15) is 84.1 Å². The average Bonchev–Trinajstić information content (AvgIpc) is 3.00. The third-order valence-corrected chi connectivity index (χ3v) is 7.05. The van der Waals surface area contributed by atoms with Crippen LogP contribution in [0.4, 0.5) is 0 Å². The molecule has 0 amide bonds. The van der Waals surface area contributed by atoms with Gasteiger partial charge in [-0.3, -0.25) is 38.4 Å². The maximum absolute atomic E-state index is 12.9. The standard InChI is InChI=1S/C37H34O17/c1-16(38)46-25-12-29(50-20(5)42)33(30(13-25)51-21(6)43)35-34-31(52-22(7)44)14-26(47-17(2)39)15-32(34)54-36(37(35)53-23(8)45)24-9-10-27(48-18(3)40)28(11-24)49-19(4)41/h9-15,35-37H,1-8H3/t35-,36-,37+/m1/s1. The smallest absolute Gasteiger partial charge is 0.308 e. The van der Waals surface area contributed by atoms with Crippen LogP contribution in [0.2, 0.25) is 0 Å². The van der Waals surface area contributed by atoms with Gasteiger partial charge in [0.2, 0.25) is 0 Å². The topological polar surface area (TPSA) is 220 Å². The molecule has 17 heteroatoms. The molecule has 0 bridgehead atoms. The van der Waals surface area contributed by atoms with Crippen molar-refractivity contribution >= 4 is 47.8 Å². The summed E-state index contributed by atoms with van der Waals surface area (Å²) in [5.41, 5.74) is -0.0829. The van der Waals surface area contributed by atoms with E-state index in [9.17, 15) is 38.4 Å². The molecule has 0 N–H and O–H groups in total. The van der Waals surface area contributed by atoms with Gasteiger partial charge in [0.1, 0.15) is 34.5 Å². The molecule has 1 heterocycles. The molecule has 3 atom stereocenters. The highest BCUT2D eigenvalue weighted by Crippen LogP contribution is 2.56. The molecule has 284 valence electrons.